The number of H-pyrrole nitrogens is 2. The van der Waals surface area contributed by atoms with Crippen molar-refractivity contribution in [1.82, 2.24) is 25.1 Å². The van der Waals surface area contributed by atoms with Crippen LogP contribution >= 0.6 is 23.1 Å². The number of aryl methyl sites for hydroxylation is 3. The highest BCUT2D eigenvalue weighted by Gasteiger charge is 2.14. The van der Waals surface area contributed by atoms with Crippen molar-refractivity contribution < 1.29 is 0 Å². The Morgan fingerprint density at radius 1 is 1.25 bits per heavy atom. The summed E-state index contributed by atoms with van der Waals surface area (Å²) in [6.07, 6.45) is 0. The minimum absolute atomic E-state index is 0.285. The summed E-state index contributed by atoms with van der Waals surface area (Å²) in [5.74, 6) is 1.95. The van der Waals surface area contributed by atoms with Gasteiger partial charge in [-0.2, -0.15) is 5.10 Å². The molecule has 0 aliphatic rings. The lowest BCUT2D eigenvalue weighted by Gasteiger charge is -2.03. The second kappa shape index (κ2) is 5.02. The second-order valence-electron chi connectivity index (χ2n) is 4.45. The molecule has 0 amide bonds. The first-order valence-corrected chi connectivity index (χ1v) is 7.85. The fourth-order valence-corrected chi connectivity index (χ4v) is 4.07. The van der Waals surface area contributed by atoms with Crippen LogP contribution in [-0.2, 0) is 5.75 Å². The highest BCUT2D eigenvalue weighted by molar-refractivity contribution is 7.98. The maximum absolute atomic E-state index is 11.0. The molecule has 20 heavy (non-hydrogen) atoms. The molecule has 2 N–H and O–H groups in total. The summed E-state index contributed by atoms with van der Waals surface area (Å²) in [6.45, 7) is 6.08. The Kier molecular flexibility index (Phi) is 3.35. The molecule has 3 heterocycles. The molecular weight excluding hydrogens is 294 g/mol. The van der Waals surface area contributed by atoms with Crippen molar-refractivity contribution in [3.8, 4) is 0 Å². The minimum atomic E-state index is -0.285. The van der Waals surface area contributed by atoms with Crippen LogP contribution in [0.15, 0.2) is 9.82 Å². The quantitative estimate of drug-likeness (QED) is 0.573. The summed E-state index contributed by atoms with van der Waals surface area (Å²) in [5.41, 5.74) is 0.940. The number of nitrogens with zero attached hydrogens (tertiary/aromatic N) is 3. The number of fused-ring (bicyclic) bond motifs is 1. The highest BCUT2D eigenvalue weighted by atomic mass is 32.2. The van der Waals surface area contributed by atoms with Crippen LogP contribution in [0, 0.1) is 20.8 Å². The van der Waals surface area contributed by atoms with Crippen LogP contribution in [0.5, 0.6) is 0 Å². The van der Waals surface area contributed by atoms with Crippen LogP contribution in [-0.4, -0.2) is 25.1 Å². The number of aromatic amines is 2. The van der Waals surface area contributed by atoms with Crippen LogP contribution in [0.4, 0.5) is 0 Å². The van der Waals surface area contributed by atoms with Gasteiger partial charge >= 0.3 is 5.69 Å². The van der Waals surface area contributed by atoms with Crippen molar-refractivity contribution >= 4 is 33.3 Å². The predicted octanol–water partition coefficient (Wildman–Crippen LogP) is 2.32. The average molecular weight is 307 g/mol. The van der Waals surface area contributed by atoms with Crippen LogP contribution in [0.2, 0.25) is 0 Å². The van der Waals surface area contributed by atoms with Crippen molar-refractivity contribution in [3.05, 3.63) is 32.6 Å². The van der Waals surface area contributed by atoms with Crippen molar-refractivity contribution in [2.75, 3.05) is 0 Å². The lowest BCUT2D eigenvalue weighted by molar-refractivity contribution is 0.998. The van der Waals surface area contributed by atoms with E-state index < -0.39 is 0 Å². The van der Waals surface area contributed by atoms with E-state index >= 15 is 0 Å². The molecule has 0 aliphatic heterocycles. The third kappa shape index (κ3) is 2.36. The number of hydrogen-bond donors (Lipinski definition) is 2. The molecule has 0 spiro atoms. The fourth-order valence-electron chi connectivity index (χ4n) is 1.93. The largest absolute Gasteiger partial charge is 0.340 e. The average Bonchev–Trinajstić information content (AvgIpc) is 2.92. The van der Waals surface area contributed by atoms with Gasteiger partial charge in [-0.3, -0.25) is 4.98 Å². The first-order valence-electron chi connectivity index (χ1n) is 6.05. The lowest BCUT2D eigenvalue weighted by Crippen LogP contribution is -2.00. The molecule has 0 saturated carbocycles. The molecule has 0 saturated heterocycles. The molecule has 3 rings (SSSR count). The summed E-state index contributed by atoms with van der Waals surface area (Å²) < 4.78 is 0. The van der Waals surface area contributed by atoms with E-state index in [-0.39, 0.29) is 5.69 Å². The molecule has 8 heteroatoms. The maximum Gasteiger partial charge on any atom is 0.340 e. The standard InChI is InChI=1S/C12H13N5OS2/c1-5-6(2)20-11-9(5)10(13-7(3)14-11)19-4-8-15-12(18)17-16-8/h4H2,1-3H3,(H2,15,16,17,18). The molecule has 0 bridgehead atoms. The predicted molar refractivity (Wildman–Crippen MR) is 80.4 cm³/mol. The van der Waals surface area contributed by atoms with Gasteiger partial charge in [0.15, 0.2) is 0 Å². The molecule has 0 unspecified atom stereocenters. The smallest absolute Gasteiger partial charge is 0.292 e. The van der Waals surface area contributed by atoms with E-state index in [4.69, 9.17) is 0 Å². The van der Waals surface area contributed by atoms with E-state index in [0.717, 1.165) is 21.1 Å². The summed E-state index contributed by atoms with van der Waals surface area (Å²) in [7, 11) is 0. The summed E-state index contributed by atoms with van der Waals surface area (Å²) >= 11 is 3.25. The third-order valence-corrected chi connectivity index (χ3v) is 5.09. The number of rotatable bonds is 3. The van der Waals surface area contributed by atoms with E-state index in [1.165, 1.54) is 10.4 Å². The molecule has 0 atom stereocenters. The van der Waals surface area contributed by atoms with Gasteiger partial charge in [-0.25, -0.2) is 19.9 Å². The van der Waals surface area contributed by atoms with Crippen LogP contribution in [0.1, 0.15) is 22.1 Å². The van der Waals surface area contributed by atoms with E-state index in [9.17, 15) is 4.79 Å². The van der Waals surface area contributed by atoms with Crippen LogP contribution < -0.4 is 5.69 Å². The lowest BCUT2D eigenvalue weighted by atomic mass is 10.2. The maximum atomic E-state index is 11.0. The zero-order valence-electron chi connectivity index (χ0n) is 11.3. The zero-order chi connectivity index (χ0) is 14.3. The fraction of sp³-hybridized carbons (Fsp3) is 0.333. The number of nitrogens with one attached hydrogen (secondary N) is 2. The molecule has 0 fully saturated rings. The van der Waals surface area contributed by atoms with Gasteiger partial charge in [-0.05, 0) is 26.3 Å². The summed E-state index contributed by atoms with van der Waals surface area (Å²) in [6, 6.07) is 0. The molecule has 104 valence electrons. The summed E-state index contributed by atoms with van der Waals surface area (Å²) in [5, 5.41) is 8.32. The first kappa shape index (κ1) is 13.3. The highest BCUT2D eigenvalue weighted by Crippen LogP contribution is 2.35. The van der Waals surface area contributed by atoms with Crippen LogP contribution in [0.25, 0.3) is 10.2 Å². The van der Waals surface area contributed by atoms with Gasteiger partial charge in [0, 0.05) is 10.3 Å². The van der Waals surface area contributed by atoms with Crippen molar-refractivity contribution in [3.63, 3.8) is 0 Å². The molecular formula is C12H13N5OS2. The van der Waals surface area contributed by atoms with Gasteiger partial charge in [-0.15, -0.1) is 11.3 Å². The van der Waals surface area contributed by atoms with Gasteiger partial charge in [0.05, 0.1) is 5.75 Å². The van der Waals surface area contributed by atoms with Crippen LogP contribution in [0.3, 0.4) is 0 Å². The van der Waals surface area contributed by atoms with E-state index in [0.29, 0.717) is 11.6 Å². The SMILES string of the molecule is Cc1nc(SCc2n[nH]c(=O)[nH]2)c2c(C)c(C)sc2n1. The Hall–Kier alpha value is -1.67. The van der Waals surface area contributed by atoms with E-state index in [1.54, 1.807) is 23.1 Å². The monoisotopic (exact) mass is 307 g/mol. The topological polar surface area (TPSA) is 87.3 Å². The van der Waals surface area contributed by atoms with Crippen molar-refractivity contribution in [2.24, 2.45) is 0 Å². The van der Waals surface area contributed by atoms with Gasteiger partial charge in [0.2, 0.25) is 0 Å². The summed E-state index contributed by atoms with van der Waals surface area (Å²) in [4.78, 5) is 25.0. The number of thiophene rings is 1. The molecule has 6 nitrogen and oxygen atoms in total. The second-order valence-corrected chi connectivity index (χ2v) is 6.62. The van der Waals surface area contributed by atoms with Gasteiger partial charge in [0.25, 0.3) is 0 Å². The first-order chi connectivity index (χ1) is 9.54. The molecule has 3 aromatic heterocycles. The molecule has 3 aromatic rings. The van der Waals surface area contributed by atoms with E-state index in [1.807, 2.05) is 6.92 Å². The Morgan fingerprint density at radius 3 is 2.75 bits per heavy atom. The van der Waals surface area contributed by atoms with Gasteiger partial charge < -0.3 is 0 Å². The van der Waals surface area contributed by atoms with Crippen molar-refractivity contribution in [1.29, 1.82) is 0 Å². The normalized spacial score (nSPS) is 11.3. The molecule has 0 aromatic carbocycles. The molecule has 0 aliphatic carbocycles. The van der Waals surface area contributed by atoms with Gasteiger partial charge in [0.1, 0.15) is 21.5 Å². The Balaban J connectivity index is 1.99. The molecule has 0 radical (unpaired) electrons. The van der Waals surface area contributed by atoms with Gasteiger partial charge in [-0.1, -0.05) is 11.8 Å². The van der Waals surface area contributed by atoms with E-state index in [2.05, 4.69) is 39.0 Å². The Bertz CT molecular complexity index is 832. The Labute approximate surface area is 123 Å². The number of aromatic nitrogens is 5. The number of hydrogen-bond acceptors (Lipinski definition) is 6. The van der Waals surface area contributed by atoms with Crippen molar-refractivity contribution in [2.45, 2.75) is 31.6 Å². The zero-order valence-corrected chi connectivity index (χ0v) is 12.9. The number of thioether (sulfide) groups is 1. The minimum Gasteiger partial charge on any atom is -0.292 e. The Morgan fingerprint density at radius 2 is 2.05 bits per heavy atom. The third-order valence-electron chi connectivity index (χ3n) is 3.00.